The third-order valence-electron chi connectivity index (χ3n) is 5.62. The molecule has 1 unspecified atom stereocenters. The maximum absolute atomic E-state index is 13.0. The van der Waals surface area contributed by atoms with Crippen molar-refractivity contribution in [1.82, 2.24) is 24.6 Å². The molecular formula is C19H23N5O3. The standard InChI is InChI=1S/C19H23N5O3/c1-27-10-9-22-7-5-19(18(22)26)6-8-23(12-19)17(25)15-3-2-4-16(11-15)24-13-20-21-14-24/h2-4,11,13-14H,5-10,12H2,1H3. The number of hydrogen-bond acceptors (Lipinski definition) is 5. The van der Waals surface area contributed by atoms with Crippen LogP contribution in [0.15, 0.2) is 36.9 Å². The zero-order chi connectivity index (χ0) is 18.9. The molecule has 2 saturated heterocycles. The lowest BCUT2D eigenvalue weighted by atomic mass is 9.85. The molecule has 0 saturated carbocycles. The minimum Gasteiger partial charge on any atom is -0.383 e. The second kappa shape index (κ2) is 7.11. The predicted molar refractivity (Wildman–Crippen MR) is 97.4 cm³/mol. The minimum absolute atomic E-state index is 0.0371. The van der Waals surface area contributed by atoms with Crippen molar-refractivity contribution in [3.8, 4) is 5.69 Å². The number of benzene rings is 1. The average molecular weight is 369 g/mol. The monoisotopic (exact) mass is 369 g/mol. The normalized spacial score (nSPS) is 22.2. The van der Waals surface area contributed by atoms with E-state index in [0.29, 0.717) is 31.8 Å². The second-order valence-electron chi connectivity index (χ2n) is 7.21. The van der Waals surface area contributed by atoms with Crippen molar-refractivity contribution in [2.24, 2.45) is 5.41 Å². The van der Waals surface area contributed by atoms with Gasteiger partial charge in [0.05, 0.1) is 12.0 Å². The maximum Gasteiger partial charge on any atom is 0.253 e. The van der Waals surface area contributed by atoms with Crippen molar-refractivity contribution in [3.63, 3.8) is 0 Å². The number of amides is 2. The summed E-state index contributed by atoms with van der Waals surface area (Å²) in [7, 11) is 1.64. The smallest absolute Gasteiger partial charge is 0.253 e. The number of aromatic nitrogens is 3. The molecule has 2 aliphatic rings. The van der Waals surface area contributed by atoms with Gasteiger partial charge in [-0.15, -0.1) is 10.2 Å². The molecular weight excluding hydrogens is 346 g/mol. The zero-order valence-electron chi connectivity index (χ0n) is 15.4. The van der Waals surface area contributed by atoms with Crippen LogP contribution in [0.1, 0.15) is 23.2 Å². The summed E-state index contributed by atoms with van der Waals surface area (Å²) in [6, 6.07) is 7.39. The fourth-order valence-electron chi connectivity index (χ4n) is 4.05. The third-order valence-corrected chi connectivity index (χ3v) is 5.62. The summed E-state index contributed by atoms with van der Waals surface area (Å²) in [5.74, 6) is 0.123. The lowest BCUT2D eigenvalue weighted by molar-refractivity contribution is -0.135. The largest absolute Gasteiger partial charge is 0.383 e. The van der Waals surface area contributed by atoms with Crippen LogP contribution in [0.5, 0.6) is 0 Å². The molecule has 1 atom stereocenters. The Hall–Kier alpha value is -2.74. The molecule has 142 valence electrons. The number of carbonyl (C=O) groups excluding carboxylic acids is 2. The Balaban J connectivity index is 1.47. The number of ether oxygens (including phenoxy) is 1. The van der Waals surface area contributed by atoms with Crippen molar-refractivity contribution < 1.29 is 14.3 Å². The van der Waals surface area contributed by atoms with E-state index in [1.165, 1.54) is 0 Å². The van der Waals surface area contributed by atoms with Gasteiger partial charge in [-0.05, 0) is 31.0 Å². The van der Waals surface area contributed by atoms with Crippen LogP contribution in [-0.2, 0) is 9.53 Å². The molecule has 0 bridgehead atoms. The molecule has 8 nitrogen and oxygen atoms in total. The van der Waals surface area contributed by atoms with Crippen molar-refractivity contribution in [3.05, 3.63) is 42.5 Å². The molecule has 2 amide bonds. The van der Waals surface area contributed by atoms with Gasteiger partial charge >= 0.3 is 0 Å². The summed E-state index contributed by atoms with van der Waals surface area (Å²) in [6.07, 6.45) is 4.73. The van der Waals surface area contributed by atoms with Crippen LogP contribution >= 0.6 is 0 Å². The van der Waals surface area contributed by atoms with Gasteiger partial charge in [0, 0.05) is 44.5 Å². The molecule has 1 aromatic carbocycles. The highest BCUT2D eigenvalue weighted by Gasteiger charge is 2.51. The van der Waals surface area contributed by atoms with Crippen molar-refractivity contribution in [2.75, 3.05) is 39.9 Å². The van der Waals surface area contributed by atoms with Gasteiger partial charge in [0.2, 0.25) is 5.91 Å². The highest BCUT2D eigenvalue weighted by Crippen LogP contribution is 2.41. The van der Waals surface area contributed by atoms with Crippen LogP contribution in [0.4, 0.5) is 0 Å². The molecule has 0 N–H and O–H groups in total. The van der Waals surface area contributed by atoms with E-state index in [9.17, 15) is 9.59 Å². The van der Waals surface area contributed by atoms with Gasteiger partial charge in [-0.3, -0.25) is 14.2 Å². The van der Waals surface area contributed by atoms with Crippen molar-refractivity contribution in [1.29, 1.82) is 0 Å². The van der Waals surface area contributed by atoms with E-state index in [1.54, 1.807) is 24.3 Å². The third kappa shape index (κ3) is 3.21. The summed E-state index contributed by atoms with van der Waals surface area (Å²) >= 11 is 0. The van der Waals surface area contributed by atoms with Crippen molar-refractivity contribution >= 4 is 11.8 Å². The molecule has 1 spiro atoms. The Morgan fingerprint density at radius 1 is 1.22 bits per heavy atom. The summed E-state index contributed by atoms with van der Waals surface area (Å²) in [4.78, 5) is 29.5. The number of hydrogen-bond donors (Lipinski definition) is 0. The summed E-state index contributed by atoms with van der Waals surface area (Å²) in [5, 5.41) is 7.60. The number of carbonyl (C=O) groups is 2. The van der Waals surface area contributed by atoms with Gasteiger partial charge in [-0.1, -0.05) is 6.07 Å². The molecule has 3 heterocycles. The highest BCUT2D eigenvalue weighted by molar-refractivity contribution is 5.96. The fourth-order valence-corrected chi connectivity index (χ4v) is 4.05. The quantitative estimate of drug-likeness (QED) is 0.785. The SMILES string of the molecule is COCCN1CCC2(CCN(C(=O)c3cccc(-n4cnnc4)c3)C2)C1=O. The van der Waals surface area contributed by atoms with Gasteiger partial charge in [-0.2, -0.15) is 0 Å². The first-order valence-corrected chi connectivity index (χ1v) is 9.16. The topological polar surface area (TPSA) is 80.6 Å². The second-order valence-corrected chi connectivity index (χ2v) is 7.21. The molecule has 0 aliphatic carbocycles. The Morgan fingerprint density at radius 2 is 2.00 bits per heavy atom. The Labute approximate surface area is 157 Å². The van der Waals surface area contributed by atoms with Crippen LogP contribution in [-0.4, -0.2) is 76.3 Å². The molecule has 1 aromatic heterocycles. The number of rotatable bonds is 5. The van der Waals surface area contributed by atoms with E-state index in [0.717, 1.165) is 25.1 Å². The Bertz CT molecular complexity index is 838. The van der Waals surface area contributed by atoms with Gasteiger partial charge in [-0.25, -0.2) is 0 Å². The van der Waals surface area contributed by atoms with E-state index in [1.807, 2.05) is 34.1 Å². The Morgan fingerprint density at radius 3 is 2.78 bits per heavy atom. The summed E-state index contributed by atoms with van der Waals surface area (Å²) < 4.78 is 6.85. The molecule has 27 heavy (non-hydrogen) atoms. The van der Waals surface area contributed by atoms with Crippen LogP contribution < -0.4 is 0 Å². The number of nitrogens with zero attached hydrogens (tertiary/aromatic N) is 5. The first-order chi connectivity index (χ1) is 13.1. The van der Waals surface area contributed by atoms with Gasteiger partial charge < -0.3 is 14.5 Å². The first kappa shape index (κ1) is 17.7. The molecule has 8 heteroatoms. The molecule has 2 aliphatic heterocycles. The van der Waals surface area contributed by atoms with Gasteiger partial charge in [0.25, 0.3) is 5.91 Å². The Kier molecular flexibility index (Phi) is 4.65. The van der Waals surface area contributed by atoms with Crippen LogP contribution in [0.2, 0.25) is 0 Å². The van der Waals surface area contributed by atoms with Gasteiger partial charge in [0.1, 0.15) is 12.7 Å². The lowest BCUT2D eigenvalue weighted by Crippen LogP contribution is -2.39. The van der Waals surface area contributed by atoms with Crippen LogP contribution in [0.3, 0.4) is 0 Å². The minimum atomic E-state index is -0.421. The van der Waals surface area contributed by atoms with E-state index in [4.69, 9.17) is 4.74 Å². The maximum atomic E-state index is 13.0. The highest BCUT2D eigenvalue weighted by atomic mass is 16.5. The van der Waals surface area contributed by atoms with Gasteiger partial charge in [0.15, 0.2) is 0 Å². The van der Waals surface area contributed by atoms with Crippen LogP contribution in [0.25, 0.3) is 5.69 Å². The first-order valence-electron chi connectivity index (χ1n) is 9.16. The molecule has 0 radical (unpaired) electrons. The summed E-state index contributed by atoms with van der Waals surface area (Å²) in [5.41, 5.74) is 1.03. The molecule has 2 aromatic rings. The molecule has 2 fully saturated rings. The zero-order valence-corrected chi connectivity index (χ0v) is 15.4. The van der Waals surface area contributed by atoms with Crippen LogP contribution in [0, 0.1) is 5.41 Å². The van der Waals surface area contributed by atoms with E-state index < -0.39 is 5.41 Å². The van der Waals surface area contributed by atoms with E-state index in [2.05, 4.69) is 10.2 Å². The summed E-state index contributed by atoms with van der Waals surface area (Å²) in [6.45, 7) is 3.00. The average Bonchev–Trinajstić information content (AvgIpc) is 3.43. The fraction of sp³-hybridized carbons (Fsp3) is 0.474. The molecule has 4 rings (SSSR count). The predicted octanol–water partition coefficient (Wildman–Crippen LogP) is 0.978. The van der Waals surface area contributed by atoms with E-state index in [-0.39, 0.29) is 11.8 Å². The lowest BCUT2D eigenvalue weighted by Gasteiger charge is -2.23. The van der Waals surface area contributed by atoms with Crippen molar-refractivity contribution in [2.45, 2.75) is 12.8 Å². The van der Waals surface area contributed by atoms with E-state index >= 15 is 0 Å². The number of likely N-dealkylation sites (tertiary alicyclic amines) is 2. The number of methoxy groups -OCH3 is 1.